The fourth-order valence-electron chi connectivity index (χ4n) is 4.15. The molecule has 5 aromatic rings. The van der Waals surface area contributed by atoms with Gasteiger partial charge >= 0.3 is 5.97 Å². The first kappa shape index (κ1) is 26.2. The summed E-state index contributed by atoms with van der Waals surface area (Å²) in [6.07, 6.45) is 1.41. The van der Waals surface area contributed by atoms with Crippen LogP contribution in [0.2, 0.25) is 5.02 Å². The molecule has 5 rings (SSSR count). The number of carbonyl (C=O) groups excluding carboxylic acids is 2. The highest BCUT2D eigenvalue weighted by Crippen LogP contribution is 2.36. The molecule has 1 aromatic heterocycles. The number of carbonyl (C=O) groups is 2. The van der Waals surface area contributed by atoms with E-state index in [1.807, 2.05) is 48.5 Å². The number of hydrazone groups is 1. The van der Waals surface area contributed by atoms with Crippen LogP contribution >= 0.6 is 27.5 Å². The summed E-state index contributed by atoms with van der Waals surface area (Å²) in [5, 5.41) is 5.28. The Kier molecular flexibility index (Phi) is 7.76. The predicted molar refractivity (Wildman–Crippen MR) is 156 cm³/mol. The molecule has 0 aliphatic rings. The number of methoxy groups -OCH3 is 1. The lowest BCUT2D eigenvalue weighted by molar-refractivity contribution is 0.0734. The maximum Gasteiger partial charge on any atom is 0.345 e. The zero-order chi connectivity index (χ0) is 27.4. The van der Waals surface area contributed by atoms with Gasteiger partial charge in [0.1, 0.15) is 17.2 Å². The number of nitrogens with zero attached hydrogens (tertiary/aromatic N) is 1. The number of H-pyrrole nitrogens is 1. The Morgan fingerprint density at radius 3 is 2.49 bits per heavy atom. The molecule has 0 radical (unpaired) electrons. The van der Waals surface area contributed by atoms with Gasteiger partial charge in [-0.1, -0.05) is 82.1 Å². The molecule has 4 aromatic carbocycles. The van der Waals surface area contributed by atoms with Gasteiger partial charge in [-0.05, 0) is 42.0 Å². The van der Waals surface area contributed by atoms with E-state index in [1.165, 1.54) is 6.21 Å². The molecule has 0 aliphatic heterocycles. The van der Waals surface area contributed by atoms with Crippen LogP contribution in [-0.4, -0.2) is 30.2 Å². The molecule has 0 spiro atoms. The lowest BCUT2D eigenvalue weighted by atomic mass is 10.0. The molecule has 0 unspecified atom stereocenters. The number of aromatic nitrogens is 1. The van der Waals surface area contributed by atoms with Crippen molar-refractivity contribution in [2.75, 3.05) is 7.11 Å². The van der Waals surface area contributed by atoms with Crippen molar-refractivity contribution in [2.45, 2.75) is 0 Å². The number of hydrogen-bond acceptors (Lipinski definition) is 5. The first-order chi connectivity index (χ1) is 19.0. The van der Waals surface area contributed by atoms with E-state index in [4.69, 9.17) is 21.1 Å². The van der Waals surface area contributed by atoms with Gasteiger partial charge in [0.25, 0.3) is 5.91 Å². The molecule has 0 atom stereocenters. The Hall–Kier alpha value is -4.40. The van der Waals surface area contributed by atoms with Gasteiger partial charge in [0.15, 0.2) is 0 Å². The topological polar surface area (TPSA) is 92.8 Å². The van der Waals surface area contributed by atoms with Crippen LogP contribution in [0, 0.1) is 0 Å². The molecule has 2 N–H and O–H groups in total. The Bertz CT molecular complexity index is 1720. The predicted octanol–water partition coefficient (Wildman–Crippen LogP) is 7.24. The van der Waals surface area contributed by atoms with E-state index in [1.54, 1.807) is 49.6 Å². The molecule has 0 fully saturated rings. The van der Waals surface area contributed by atoms with Crippen molar-refractivity contribution in [1.29, 1.82) is 0 Å². The quantitative estimate of drug-likeness (QED) is 0.0889. The van der Waals surface area contributed by atoms with Gasteiger partial charge in [0.2, 0.25) is 0 Å². The molecule has 9 heteroatoms. The summed E-state index contributed by atoms with van der Waals surface area (Å²) in [6, 6.07) is 26.9. The van der Waals surface area contributed by atoms with E-state index in [2.05, 4.69) is 31.4 Å². The number of benzene rings is 4. The second-order valence-electron chi connectivity index (χ2n) is 8.37. The van der Waals surface area contributed by atoms with Gasteiger partial charge in [0.05, 0.1) is 29.4 Å². The van der Waals surface area contributed by atoms with Crippen LogP contribution < -0.4 is 14.9 Å². The Balaban J connectivity index is 1.44. The van der Waals surface area contributed by atoms with E-state index >= 15 is 0 Å². The lowest BCUT2D eigenvalue weighted by Gasteiger charge is -2.09. The SMILES string of the molecule is COc1cccc2c(-c3ccccc3)c(C(=O)NN=Cc3cc(Br)ccc3OC(=O)c3ccccc3Cl)[nH]c12. The van der Waals surface area contributed by atoms with Crippen molar-refractivity contribution in [3.05, 3.63) is 117 Å². The summed E-state index contributed by atoms with van der Waals surface area (Å²) >= 11 is 9.56. The van der Waals surface area contributed by atoms with E-state index in [0.717, 1.165) is 21.0 Å². The average molecular weight is 603 g/mol. The molecule has 1 amide bonds. The summed E-state index contributed by atoms with van der Waals surface area (Å²) in [4.78, 5) is 29.2. The van der Waals surface area contributed by atoms with Crippen molar-refractivity contribution < 1.29 is 19.1 Å². The number of esters is 1. The van der Waals surface area contributed by atoms with E-state index < -0.39 is 11.9 Å². The maximum absolute atomic E-state index is 13.3. The summed E-state index contributed by atoms with van der Waals surface area (Å²) in [5.41, 5.74) is 5.91. The van der Waals surface area contributed by atoms with Crippen LogP contribution in [0.25, 0.3) is 22.0 Å². The fraction of sp³-hybridized carbons (Fsp3) is 0.0333. The number of aromatic amines is 1. The first-order valence-corrected chi connectivity index (χ1v) is 13.0. The second-order valence-corrected chi connectivity index (χ2v) is 9.70. The highest BCUT2D eigenvalue weighted by Gasteiger charge is 2.21. The molecule has 0 saturated carbocycles. The van der Waals surface area contributed by atoms with Crippen LogP contribution in [0.4, 0.5) is 0 Å². The summed E-state index contributed by atoms with van der Waals surface area (Å²) in [6.45, 7) is 0. The second kappa shape index (κ2) is 11.6. The smallest absolute Gasteiger partial charge is 0.345 e. The van der Waals surface area contributed by atoms with E-state index in [-0.39, 0.29) is 16.3 Å². The Labute approximate surface area is 237 Å². The lowest BCUT2D eigenvalue weighted by Crippen LogP contribution is -2.19. The minimum Gasteiger partial charge on any atom is -0.495 e. The molecule has 7 nitrogen and oxygen atoms in total. The third-order valence-corrected chi connectivity index (χ3v) is 6.77. The van der Waals surface area contributed by atoms with Crippen molar-refractivity contribution in [3.8, 4) is 22.6 Å². The zero-order valence-electron chi connectivity index (χ0n) is 20.6. The summed E-state index contributed by atoms with van der Waals surface area (Å²) < 4.78 is 11.8. The van der Waals surface area contributed by atoms with Gasteiger partial charge in [-0.15, -0.1) is 0 Å². The number of amides is 1. The van der Waals surface area contributed by atoms with Crippen molar-refractivity contribution in [2.24, 2.45) is 5.10 Å². The van der Waals surface area contributed by atoms with Gasteiger partial charge < -0.3 is 14.5 Å². The monoisotopic (exact) mass is 601 g/mol. The van der Waals surface area contributed by atoms with Crippen molar-refractivity contribution in [1.82, 2.24) is 10.4 Å². The van der Waals surface area contributed by atoms with Gasteiger partial charge in [-0.2, -0.15) is 5.10 Å². The number of hydrogen-bond donors (Lipinski definition) is 2. The molecule has 1 heterocycles. The third-order valence-electron chi connectivity index (χ3n) is 5.94. The molecule has 39 heavy (non-hydrogen) atoms. The minimum atomic E-state index is -0.610. The van der Waals surface area contributed by atoms with E-state index in [0.29, 0.717) is 22.5 Å². The molecular formula is C30H21BrClN3O4. The van der Waals surface area contributed by atoms with Gasteiger partial charge in [0, 0.05) is 21.0 Å². The normalized spacial score (nSPS) is 11.1. The van der Waals surface area contributed by atoms with Gasteiger partial charge in [-0.3, -0.25) is 4.79 Å². The molecular weight excluding hydrogens is 582 g/mol. The van der Waals surface area contributed by atoms with Gasteiger partial charge in [-0.25, -0.2) is 10.2 Å². The van der Waals surface area contributed by atoms with E-state index in [9.17, 15) is 9.59 Å². The standard InChI is InChI=1S/C30H21BrClN3O4/c1-38-25-13-7-11-22-26(18-8-3-2-4-9-18)28(34-27(22)25)29(36)35-33-17-19-16-20(31)14-15-24(19)39-30(37)21-10-5-6-12-23(21)32/h2-17,34H,1H3,(H,35,36). The molecule has 0 bridgehead atoms. The number of ether oxygens (including phenoxy) is 2. The maximum atomic E-state index is 13.3. The van der Waals surface area contributed by atoms with Crippen LogP contribution in [0.5, 0.6) is 11.5 Å². The summed E-state index contributed by atoms with van der Waals surface area (Å²) in [7, 11) is 1.58. The number of nitrogens with one attached hydrogen (secondary N) is 2. The largest absolute Gasteiger partial charge is 0.495 e. The molecule has 0 aliphatic carbocycles. The van der Waals surface area contributed by atoms with Crippen molar-refractivity contribution >= 4 is 56.5 Å². The first-order valence-electron chi connectivity index (χ1n) is 11.8. The molecule has 194 valence electrons. The zero-order valence-corrected chi connectivity index (χ0v) is 22.9. The van der Waals surface area contributed by atoms with Crippen LogP contribution in [-0.2, 0) is 0 Å². The number of fused-ring (bicyclic) bond motifs is 1. The van der Waals surface area contributed by atoms with Crippen molar-refractivity contribution in [3.63, 3.8) is 0 Å². The highest BCUT2D eigenvalue weighted by atomic mass is 79.9. The van der Waals surface area contributed by atoms with Crippen LogP contribution in [0.3, 0.4) is 0 Å². The number of rotatable bonds is 7. The minimum absolute atomic E-state index is 0.237. The fourth-order valence-corrected chi connectivity index (χ4v) is 4.74. The molecule has 0 saturated heterocycles. The summed E-state index contributed by atoms with van der Waals surface area (Å²) in [5.74, 6) is -0.193. The average Bonchev–Trinajstić information content (AvgIpc) is 3.35. The van der Waals surface area contributed by atoms with Crippen LogP contribution in [0.15, 0.2) is 101 Å². The number of halogens is 2. The number of para-hydroxylation sites is 1. The highest BCUT2D eigenvalue weighted by molar-refractivity contribution is 9.10. The Morgan fingerprint density at radius 1 is 0.949 bits per heavy atom. The Morgan fingerprint density at radius 2 is 1.72 bits per heavy atom. The van der Waals surface area contributed by atoms with Crippen LogP contribution in [0.1, 0.15) is 26.4 Å². The third kappa shape index (κ3) is 5.57.